The summed E-state index contributed by atoms with van der Waals surface area (Å²) in [5, 5.41) is 18.2. The quantitative estimate of drug-likeness (QED) is 0.577. The average Bonchev–Trinajstić information content (AvgIpc) is 2.19. The molecule has 0 spiro atoms. The molecule has 88 valence electrons. The number of carbonyl (C=O) groups is 1. The van der Waals surface area contributed by atoms with Crippen molar-refractivity contribution in [2.75, 3.05) is 7.11 Å². The number of phenols is 2. The Bertz CT molecular complexity index is 425. The highest BCUT2D eigenvalue weighted by molar-refractivity contribution is 5.93. The lowest BCUT2D eigenvalue weighted by molar-refractivity contribution is -0.137. The number of hydrogen-bond donors (Lipinski definition) is 2. The number of rotatable bonds is 1. The largest absolute Gasteiger partial charge is 0.504 e. The zero-order valence-electron chi connectivity index (χ0n) is 8.00. The molecule has 1 rings (SSSR count). The number of benzene rings is 1. The zero-order chi connectivity index (χ0) is 12.5. The van der Waals surface area contributed by atoms with Gasteiger partial charge in [-0.15, -0.1) is 0 Å². The summed E-state index contributed by atoms with van der Waals surface area (Å²) in [6.45, 7) is 0. The molecule has 0 saturated heterocycles. The molecule has 0 heterocycles. The van der Waals surface area contributed by atoms with Gasteiger partial charge in [0.25, 0.3) is 0 Å². The molecule has 0 aliphatic heterocycles. The van der Waals surface area contributed by atoms with Gasteiger partial charge in [0.1, 0.15) is 5.56 Å². The van der Waals surface area contributed by atoms with Crippen LogP contribution in [0.1, 0.15) is 15.9 Å². The third kappa shape index (κ3) is 2.18. The molecule has 0 fully saturated rings. The molecule has 0 amide bonds. The lowest BCUT2D eigenvalue weighted by Crippen LogP contribution is -2.08. The fourth-order valence-corrected chi connectivity index (χ4v) is 1.05. The average molecular weight is 236 g/mol. The first-order valence-corrected chi connectivity index (χ1v) is 3.99. The van der Waals surface area contributed by atoms with E-state index in [9.17, 15) is 23.1 Å². The van der Waals surface area contributed by atoms with Crippen molar-refractivity contribution in [3.63, 3.8) is 0 Å². The van der Waals surface area contributed by atoms with Gasteiger partial charge < -0.3 is 14.9 Å². The topological polar surface area (TPSA) is 66.8 Å². The summed E-state index contributed by atoms with van der Waals surface area (Å²) >= 11 is 0. The van der Waals surface area contributed by atoms with Gasteiger partial charge in [0.2, 0.25) is 0 Å². The molecule has 0 atom stereocenters. The highest BCUT2D eigenvalue weighted by Gasteiger charge is 2.33. The highest BCUT2D eigenvalue weighted by atomic mass is 19.4. The summed E-state index contributed by atoms with van der Waals surface area (Å²) < 4.78 is 41.1. The lowest BCUT2D eigenvalue weighted by Gasteiger charge is -2.10. The van der Waals surface area contributed by atoms with Crippen LogP contribution in [0.15, 0.2) is 12.1 Å². The van der Waals surface area contributed by atoms with Crippen LogP contribution in [0.5, 0.6) is 11.5 Å². The normalized spacial score (nSPS) is 11.2. The third-order valence-corrected chi connectivity index (χ3v) is 1.82. The predicted octanol–water partition coefficient (Wildman–Crippen LogP) is 1.90. The molecule has 0 aliphatic rings. The maximum Gasteiger partial charge on any atom is 0.416 e. The molecule has 7 heteroatoms. The van der Waals surface area contributed by atoms with Gasteiger partial charge in [-0.05, 0) is 12.1 Å². The van der Waals surface area contributed by atoms with Gasteiger partial charge in [0.15, 0.2) is 11.5 Å². The van der Waals surface area contributed by atoms with Crippen LogP contribution in [0, 0.1) is 0 Å². The Hall–Kier alpha value is -1.92. The van der Waals surface area contributed by atoms with E-state index in [1.807, 2.05) is 0 Å². The van der Waals surface area contributed by atoms with Crippen LogP contribution < -0.4 is 0 Å². The molecule has 2 N–H and O–H groups in total. The van der Waals surface area contributed by atoms with E-state index in [1.54, 1.807) is 0 Å². The summed E-state index contributed by atoms with van der Waals surface area (Å²) in [6.07, 6.45) is -4.73. The van der Waals surface area contributed by atoms with Crippen LogP contribution in [-0.4, -0.2) is 23.3 Å². The number of alkyl halides is 3. The van der Waals surface area contributed by atoms with E-state index in [4.69, 9.17) is 5.11 Å². The van der Waals surface area contributed by atoms with Crippen molar-refractivity contribution in [2.24, 2.45) is 0 Å². The number of esters is 1. The van der Waals surface area contributed by atoms with Crippen molar-refractivity contribution < 1.29 is 32.9 Å². The molecular formula is C9H7F3O4. The Morgan fingerprint density at radius 1 is 1.31 bits per heavy atom. The van der Waals surface area contributed by atoms with Gasteiger partial charge in [-0.2, -0.15) is 13.2 Å². The minimum absolute atomic E-state index is 0.321. The van der Waals surface area contributed by atoms with E-state index in [2.05, 4.69) is 4.74 Å². The number of phenolic OH excluding ortho intramolecular Hbond substituents is 2. The van der Waals surface area contributed by atoms with Crippen molar-refractivity contribution in [1.29, 1.82) is 0 Å². The first kappa shape index (κ1) is 12.2. The number of halogens is 3. The summed E-state index contributed by atoms with van der Waals surface area (Å²) in [7, 11) is 0.944. The van der Waals surface area contributed by atoms with Gasteiger partial charge in [0, 0.05) is 0 Å². The van der Waals surface area contributed by atoms with Crippen molar-refractivity contribution in [1.82, 2.24) is 0 Å². The second kappa shape index (κ2) is 3.92. The molecule has 1 aromatic rings. The fourth-order valence-electron chi connectivity index (χ4n) is 1.05. The summed E-state index contributed by atoms with van der Waals surface area (Å²) in [5.74, 6) is -3.14. The molecule has 0 aliphatic carbocycles. The Kier molecular flexibility index (Phi) is 2.97. The van der Waals surface area contributed by atoms with Crippen LogP contribution >= 0.6 is 0 Å². The smallest absolute Gasteiger partial charge is 0.416 e. The molecular weight excluding hydrogens is 229 g/mol. The number of methoxy groups -OCH3 is 1. The maximum absolute atomic E-state index is 12.3. The second-order valence-corrected chi connectivity index (χ2v) is 2.88. The molecule has 0 saturated carbocycles. The SMILES string of the molecule is COC(=O)c1cc(C(F)(F)F)cc(O)c1O. The lowest BCUT2D eigenvalue weighted by atomic mass is 10.1. The van der Waals surface area contributed by atoms with E-state index < -0.39 is 34.8 Å². The number of carbonyl (C=O) groups excluding carboxylic acids is 1. The summed E-state index contributed by atoms with van der Waals surface area (Å²) in [4.78, 5) is 11.0. The maximum atomic E-state index is 12.3. The van der Waals surface area contributed by atoms with E-state index in [0.29, 0.717) is 12.1 Å². The summed E-state index contributed by atoms with van der Waals surface area (Å²) in [6, 6.07) is 0.725. The molecule has 1 aromatic carbocycles. The first-order valence-electron chi connectivity index (χ1n) is 3.99. The zero-order valence-corrected chi connectivity index (χ0v) is 8.00. The molecule has 0 bridgehead atoms. The van der Waals surface area contributed by atoms with E-state index in [0.717, 1.165) is 7.11 Å². The van der Waals surface area contributed by atoms with Crippen LogP contribution in [-0.2, 0) is 10.9 Å². The number of hydrogen-bond acceptors (Lipinski definition) is 4. The first-order chi connectivity index (χ1) is 7.27. The Morgan fingerprint density at radius 2 is 1.88 bits per heavy atom. The minimum Gasteiger partial charge on any atom is -0.504 e. The van der Waals surface area contributed by atoms with Gasteiger partial charge in [-0.25, -0.2) is 4.79 Å². The van der Waals surface area contributed by atoms with Crippen LogP contribution in [0.2, 0.25) is 0 Å². The molecule has 0 unspecified atom stereocenters. The van der Waals surface area contributed by atoms with Crippen molar-refractivity contribution in [2.45, 2.75) is 6.18 Å². The van der Waals surface area contributed by atoms with Gasteiger partial charge in [0.05, 0.1) is 12.7 Å². The standard InChI is InChI=1S/C9H7F3O4/c1-16-8(15)5-2-4(9(10,11)12)3-6(13)7(5)14/h2-3,13-14H,1H3. The highest BCUT2D eigenvalue weighted by Crippen LogP contribution is 2.37. The van der Waals surface area contributed by atoms with Gasteiger partial charge >= 0.3 is 12.1 Å². The molecule has 0 radical (unpaired) electrons. The Labute approximate surface area is 87.9 Å². The third-order valence-electron chi connectivity index (χ3n) is 1.82. The van der Waals surface area contributed by atoms with Crippen molar-refractivity contribution in [3.05, 3.63) is 23.3 Å². The van der Waals surface area contributed by atoms with Gasteiger partial charge in [-0.3, -0.25) is 0 Å². The van der Waals surface area contributed by atoms with Gasteiger partial charge in [-0.1, -0.05) is 0 Å². The second-order valence-electron chi connectivity index (χ2n) is 2.88. The van der Waals surface area contributed by atoms with Crippen molar-refractivity contribution >= 4 is 5.97 Å². The van der Waals surface area contributed by atoms with Crippen molar-refractivity contribution in [3.8, 4) is 11.5 Å². The van der Waals surface area contributed by atoms with Crippen LogP contribution in [0.4, 0.5) is 13.2 Å². The Balaban J connectivity index is 3.39. The number of ether oxygens (including phenoxy) is 1. The van der Waals surface area contributed by atoms with E-state index >= 15 is 0 Å². The minimum atomic E-state index is -4.73. The fraction of sp³-hybridized carbons (Fsp3) is 0.222. The van der Waals surface area contributed by atoms with E-state index in [1.165, 1.54) is 0 Å². The monoisotopic (exact) mass is 236 g/mol. The van der Waals surface area contributed by atoms with Crippen LogP contribution in [0.3, 0.4) is 0 Å². The van der Waals surface area contributed by atoms with Crippen LogP contribution in [0.25, 0.3) is 0 Å². The molecule has 0 aromatic heterocycles. The Morgan fingerprint density at radius 3 is 2.31 bits per heavy atom. The molecule has 16 heavy (non-hydrogen) atoms. The predicted molar refractivity (Wildman–Crippen MR) is 46.1 cm³/mol. The molecule has 4 nitrogen and oxygen atoms in total. The summed E-state index contributed by atoms with van der Waals surface area (Å²) in [5.41, 5.74) is -1.99. The van der Waals surface area contributed by atoms with E-state index in [-0.39, 0.29) is 0 Å². The number of aromatic hydroxyl groups is 2.